The highest BCUT2D eigenvalue weighted by atomic mass is 16.1. The number of unbranched alkanes of at least 4 members (excludes halogenated alkanes) is 8. The molecule has 0 saturated carbocycles. The SMILES string of the molecule is CCCCCCC#CC1=C(C#CCCCCCC)C(=O)c2ccccc2C1=O. The highest BCUT2D eigenvalue weighted by Crippen LogP contribution is 2.25. The van der Waals surface area contributed by atoms with Gasteiger partial charge in [0.1, 0.15) is 0 Å². The summed E-state index contributed by atoms with van der Waals surface area (Å²) in [5, 5.41) is 0. The van der Waals surface area contributed by atoms with E-state index in [0.29, 0.717) is 11.1 Å². The number of carbonyl (C=O) groups excluding carboxylic acids is 2. The molecule has 0 radical (unpaired) electrons. The second kappa shape index (κ2) is 12.0. The van der Waals surface area contributed by atoms with Gasteiger partial charge in [-0.25, -0.2) is 0 Å². The summed E-state index contributed by atoms with van der Waals surface area (Å²) in [5.41, 5.74) is 1.44. The Balaban J connectivity index is 2.24. The van der Waals surface area contributed by atoms with E-state index in [2.05, 4.69) is 37.5 Å². The van der Waals surface area contributed by atoms with Gasteiger partial charge in [-0.2, -0.15) is 0 Å². The van der Waals surface area contributed by atoms with E-state index in [-0.39, 0.29) is 22.7 Å². The third kappa shape index (κ3) is 5.97. The van der Waals surface area contributed by atoms with E-state index in [9.17, 15) is 9.59 Å². The van der Waals surface area contributed by atoms with Crippen LogP contribution in [0.5, 0.6) is 0 Å². The lowest BCUT2D eigenvalue weighted by molar-refractivity contribution is 0.0982. The first-order valence-electron chi connectivity index (χ1n) is 10.6. The van der Waals surface area contributed by atoms with Gasteiger partial charge in [-0.3, -0.25) is 9.59 Å². The van der Waals surface area contributed by atoms with E-state index >= 15 is 0 Å². The molecule has 1 aliphatic rings. The molecule has 1 aromatic rings. The Bertz CT molecular complexity index is 779. The average molecular weight is 375 g/mol. The lowest BCUT2D eigenvalue weighted by Crippen LogP contribution is -2.20. The molecular formula is C26H30O2. The van der Waals surface area contributed by atoms with Gasteiger partial charge in [0, 0.05) is 24.0 Å². The van der Waals surface area contributed by atoms with Crippen LogP contribution in [0, 0.1) is 23.7 Å². The molecule has 2 heteroatoms. The smallest absolute Gasteiger partial charge is 0.203 e. The molecule has 1 aliphatic carbocycles. The molecule has 0 fully saturated rings. The third-order valence-corrected chi connectivity index (χ3v) is 4.86. The molecule has 2 nitrogen and oxygen atoms in total. The van der Waals surface area contributed by atoms with Crippen LogP contribution < -0.4 is 0 Å². The maximum absolute atomic E-state index is 12.9. The van der Waals surface area contributed by atoms with Crippen LogP contribution in [-0.4, -0.2) is 11.6 Å². The van der Waals surface area contributed by atoms with E-state index in [1.165, 1.54) is 25.7 Å². The van der Waals surface area contributed by atoms with Gasteiger partial charge in [-0.05, 0) is 12.8 Å². The minimum absolute atomic E-state index is 0.174. The number of benzene rings is 1. The first-order valence-corrected chi connectivity index (χ1v) is 10.6. The summed E-state index contributed by atoms with van der Waals surface area (Å²) in [6, 6.07) is 6.97. The second-order valence-electron chi connectivity index (χ2n) is 7.18. The molecule has 0 saturated heterocycles. The Morgan fingerprint density at radius 2 is 1.07 bits per heavy atom. The van der Waals surface area contributed by atoms with E-state index < -0.39 is 0 Å². The lowest BCUT2D eigenvalue weighted by Gasteiger charge is -2.14. The molecule has 0 unspecified atom stereocenters. The van der Waals surface area contributed by atoms with E-state index in [1.54, 1.807) is 24.3 Å². The van der Waals surface area contributed by atoms with Crippen LogP contribution in [0.1, 0.15) is 98.8 Å². The molecular weight excluding hydrogens is 344 g/mol. The highest BCUT2D eigenvalue weighted by molar-refractivity contribution is 6.30. The predicted molar refractivity (Wildman–Crippen MR) is 115 cm³/mol. The molecule has 0 bridgehead atoms. The van der Waals surface area contributed by atoms with Gasteiger partial charge >= 0.3 is 0 Å². The third-order valence-electron chi connectivity index (χ3n) is 4.86. The van der Waals surface area contributed by atoms with Crippen molar-refractivity contribution in [3.05, 3.63) is 46.5 Å². The molecule has 1 aromatic carbocycles. The van der Waals surface area contributed by atoms with Gasteiger partial charge in [-0.15, -0.1) is 0 Å². The van der Waals surface area contributed by atoms with Crippen LogP contribution in [0.15, 0.2) is 35.4 Å². The average Bonchev–Trinajstić information content (AvgIpc) is 2.72. The lowest BCUT2D eigenvalue weighted by atomic mass is 9.84. The number of Topliss-reactive ketones (excluding diaryl/α,β-unsaturated/α-hetero) is 2. The van der Waals surface area contributed by atoms with Crippen LogP contribution in [0.25, 0.3) is 0 Å². The summed E-state index contributed by atoms with van der Waals surface area (Å²) in [7, 11) is 0. The standard InChI is InChI=1S/C26H30O2/c1-3-5-7-9-11-13-17-21-22(18-14-12-10-8-6-4-2)26(28)24-20-16-15-19-23(24)25(21)27/h15-16,19-20H,3-12H2,1-2H3. The fourth-order valence-corrected chi connectivity index (χ4v) is 3.20. The van der Waals surface area contributed by atoms with Crippen molar-refractivity contribution in [2.24, 2.45) is 0 Å². The van der Waals surface area contributed by atoms with Crippen molar-refractivity contribution in [1.29, 1.82) is 0 Å². The van der Waals surface area contributed by atoms with Gasteiger partial charge in [0.05, 0.1) is 11.1 Å². The topological polar surface area (TPSA) is 34.1 Å². The largest absolute Gasteiger partial charge is 0.288 e. The summed E-state index contributed by atoms with van der Waals surface area (Å²) in [5.74, 6) is 11.8. The van der Waals surface area contributed by atoms with E-state index in [4.69, 9.17) is 0 Å². The van der Waals surface area contributed by atoms with E-state index in [1.807, 2.05) is 0 Å². The first-order chi connectivity index (χ1) is 13.7. The van der Waals surface area contributed by atoms with Gasteiger partial charge in [0.15, 0.2) is 0 Å². The molecule has 0 aliphatic heterocycles. The molecule has 0 N–H and O–H groups in total. The zero-order chi connectivity index (χ0) is 20.2. The van der Waals surface area contributed by atoms with Crippen LogP contribution in [0.4, 0.5) is 0 Å². The Hall–Kier alpha value is -2.58. The molecule has 0 amide bonds. The molecule has 0 atom stereocenters. The predicted octanol–water partition coefficient (Wildman–Crippen LogP) is 6.31. The molecule has 0 heterocycles. The summed E-state index contributed by atoms with van der Waals surface area (Å²) < 4.78 is 0. The minimum atomic E-state index is -0.174. The van der Waals surface area contributed by atoms with Crippen molar-refractivity contribution in [2.75, 3.05) is 0 Å². The Morgan fingerprint density at radius 3 is 1.46 bits per heavy atom. The zero-order valence-corrected chi connectivity index (χ0v) is 17.2. The summed E-state index contributed by atoms with van der Waals surface area (Å²) >= 11 is 0. The van der Waals surface area contributed by atoms with Crippen molar-refractivity contribution < 1.29 is 9.59 Å². The molecule has 0 spiro atoms. The van der Waals surface area contributed by atoms with Gasteiger partial charge in [0.25, 0.3) is 0 Å². The van der Waals surface area contributed by atoms with Crippen LogP contribution >= 0.6 is 0 Å². The molecule has 28 heavy (non-hydrogen) atoms. The first kappa shape index (κ1) is 21.7. The van der Waals surface area contributed by atoms with Gasteiger partial charge < -0.3 is 0 Å². The van der Waals surface area contributed by atoms with Crippen molar-refractivity contribution >= 4 is 11.6 Å². The highest BCUT2D eigenvalue weighted by Gasteiger charge is 2.30. The second-order valence-corrected chi connectivity index (χ2v) is 7.18. The Kier molecular flexibility index (Phi) is 9.30. The van der Waals surface area contributed by atoms with Crippen LogP contribution in [0.3, 0.4) is 0 Å². The number of rotatable bonds is 8. The monoisotopic (exact) mass is 374 g/mol. The number of hydrogen-bond acceptors (Lipinski definition) is 2. The maximum Gasteiger partial charge on any atom is 0.203 e. The van der Waals surface area contributed by atoms with Crippen molar-refractivity contribution in [3.63, 3.8) is 0 Å². The minimum Gasteiger partial charge on any atom is -0.288 e. The number of carbonyl (C=O) groups is 2. The fraction of sp³-hybridized carbons (Fsp3) is 0.462. The molecule has 0 aromatic heterocycles. The van der Waals surface area contributed by atoms with Gasteiger partial charge in [0.2, 0.25) is 11.6 Å². The zero-order valence-electron chi connectivity index (χ0n) is 17.2. The number of allylic oxidation sites excluding steroid dienone is 2. The van der Waals surface area contributed by atoms with Gasteiger partial charge in [-0.1, -0.05) is 100 Å². The summed E-state index contributed by atoms with van der Waals surface area (Å²) in [4.78, 5) is 25.9. The van der Waals surface area contributed by atoms with Crippen molar-refractivity contribution in [1.82, 2.24) is 0 Å². The Labute approximate surface area is 169 Å². The summed E-state index contributed by atoms with van der Waals surface area (Å²) in [6.45, 7) is 4.35. The normalized spacial score (nSPS) is 12.8. The number of hydrogen-bond donors (Lipinski definition) is 0. The quantitative estimate of drug-likeness (QED) is 0.395. The fourth-order valence-electron chi connectivity index (χ4n) is 3.20. The maximum atomic E-state index is 12.9. The molecule has 146 valence electrons. The number of fused-ring (bicyclic) bond motifs is 1. The number of ketones is 2. The summed E-state index contributed by atoms with van der Waals surface area (Å²) in [6.07, 6.45) is 10.6. The van der Waals surface area contributed by atoms with Crippen molar-refractivity contribution in [2.45, 2.75) is 78.1 Å². The van der Waals surface area contributed by atoms with E-state index in [0.717, 1.165) is 38.5 Å². The molecule has 2 rings (SSSR count). The Morgan fingerprint density at radius 1 is 0.643 bits per heavy atom. The van der Waals surface area contributed by atoms with Crippen molar-refractivity contribution in [3.8, 4) is 23.7 Å². The van der Waals surface area contributed by atoms with Crippen LogP contribution in [0.2, 0.25) is 0 Å². The van der Waals surface area contributed by atoms with Crippen LogP contribution in [-0.2, 0) is 0 Å².